The van der Waals surface area contributed by atoms with Crippen LogP contribution in [-0.4, -0.2) is 0 Å². The lowest BCUT2D eigenvalue weighted by atomic mass is 10.0. The van der Waals surface area contributed by atoms with Gasteiger partial charge in [-0.2, -0.15) is 0 Å². The third-order valence-electron chi connectivity index (χ3n) is 3.46. The molecule has 0 spiro atoms. The lowest BCUT2D eigenvalue weighted by molar-refractivity contribution is 0.499. The first kappa shape index (κ1) is 14.0. The molecule has 106 valence electrons. The zero-order valence-electron chi connectivity index (χ0n) is 11.7. The summed E-state index contributed by atoms with van der Waals surface area (Å²) in [6, 6.07) is 20.5. The molecular formula is C18H16BrNO. The predicted molar refractivity (Wildman–Crippen MR) is 89.5 cm³/mol. The van der Waals surface area contributed by atoms with Gasteiger partial charge in [-0.15, -0.1) is 0 Å². The van der Waals surface area contributed by atoms with Crippen LogP contribution < -0.4 is 5.32 Å². The van der Waals surface area contributed by atoms with E-state index < -0.39 is 0 Å². The number of halogens is 1. The maximum atomic E-state index is 5.62. The van der Waals surface area contributed by atoms with Crippen LogP contribution in [0.25, 0.3) is 0 Å². The molecule has 1 heterocycles. The number of hydrogen-bond donors (Lipinski definition) is 1. The summed E-state index contributed by atoms with van der Waals surface area (Å²) < 4.78 is 6.68. The zero-order chi connectivity index (χ0) is 14.7. The van der Waals surface area contributed by atoms with Gasteiger partial charge in [-0.05, 0) is 42.3 Å². The maximum Gasteiger partial charge on any atom is 0.130 e. The van der Waals surface area contributed by atoms with Crippen molar-refractivity contribution in [2.75, 3.05) is 5.32 Å². The fraction of sp³-hybridized carbons (Fsp3) is 0.111. The summed E-state index contributed by atoms with van der Waals surface area (Å²) in [5.41, 5.74) is 3.46. The van der Waals surface area contributed by atoms with Crippen LogP contribution in [0.4, 0.5) is 5.69 Å². The van der Waals surface area contributed by atoms with Gasteiger partial charge >= 0.3 is 0 Å². The highest BCUT2D eigenvalue weighted by Crippen LogP contribution is 2.30. The van der Waals surface area contributed by atoms with Gasteiger partial charge < -0.3 is 9.73 Å². The van der Waals surface area contributed by atoms with E-state index in [0.29, 0.717) is 0 Å². The largest absolute Gasteiger partial charge is 0.467 e. The van der Waals surface area contributed by atoms with Gasteiger partial charge in [0.15, 0.2) is 0 Å². The van der Waals surface area contributed by atoms with Crippen LogP contribution in [0.2, 0.25) is 0 Å². The van der Waals surface area contributed by atoms with Crippen LogP contribution in [0.1, 0.15) is 22.9 Å². The smallest absolute Gasteiger partial charge is 0.130 e. The quantitative estimate of drug-likeness (QED) is 0.672. The van der Waals surface area contributed by atoms with E-state index in [1.54, 1.807) is 6.26 Å². The number of benzene rings is 2. The summed E-state index contributed by atoms with van der Waals surface area (Å²) in [5, 5.41) is 3.58. The molecule has 2 aromatic carbocycles. The van der Waals surface area contributed by atoms with E-state index in [-0.39, 0.29) is 6.04 Å². The molecule has 0 bridgehead atoms. The third-order valence-corrected chi connectivity index (χ3v) is 3.95. The van der Waals surface area contributed by atoms with Gasteiger partial charge in [0.2, 0.25) is 0 Å². The molecule has 3 heteroatoms. The average Bonchev–Trinajstić information content (AvgIpc) is 3.03. The Balaban J connectivity index is 1.99. The van der Waals surface area contributed by atoms with Crippen molar-refractivity contribution in [3.8, 4) is 0 Å². The summed E-state index contributed by atoms with van der Waals surface area (Å²) in [6.45, 7) is 2.10. The minimum absolute atomic E-state index is 0.00537. The Bertz CT molecular complexity index is 707. The molecule has 0 saturated heterocycles. The molecule has 0 fully saturated rings. The number of rotatable bonds is 4. The van der Waals surface area contributed by atoms with Gasteiger partial charge in [-0.25, -0.2) is 0 Å². The highest BCUT2D eigenvalue weighted by Gasteiger charge is 2.17. The van der Waals surface area contributed by atoms with Gasteiger partial charge in [0.1, 0.15) is 11.8 Å². The average molecular weight is 342 g/mol. The Kier molecular flexibility index (Phi) is 4.11. The molecule has 0 aliphatic heterocycles. The standard InChI is InChI=1S/C18H16BrNO/c1-13-9-10-15(19)12-16(13)20-18(17-8-5-11-21-17)14-6-3-2-4-7-14/h2-12,18,20H,1H3. The Hall–Kier alpha value is -2.00. The van der Waals surface area contributed by atoms with Crippen molar-refractivity contribution in [2.24, 2.45) is 0 Å². The van der Waals surface area contributed by atoms with Crippen molar-refractivity contribution in [3.05, 3.63) is 88.3 Å². The normalized spacial score (nSPS) is 12.1. The van der Waals surface area contributed by atoms with E-state index in [1.807, 2.05) is 36.4 Å². The Labute approximate surface area is 132 Å². The minimum Gasteiger partial charge on any atom is -0.467 e. The number of furan rings is 1. The molecule has 21 heavy (non-hydrogen) atoms. The molecule has 0 radical (unpaired) electrons. The van der Waals surface area contributed by atoms with Gasteiger partial charge in [-0.1, -0.05) is 52.3 Å². The van der Waals surface area contributed by atoms with Crippen molar-refractivity contribution in [1.82, 2.24) is 0 Å². The molecule has 3 rings (SSSR count). The summed E-state index contributed by atoms with van der Waals surface area (Å²) >= 11 is 3.53. The van der Waals surface area contributed by atoms with E-state index in [9.17, 15) is 0 Å². The van der Waals surface area contributed by atoms with E-state index in [0.717, 1.165) is 15.9 Å². The van der Waals surface area contributed by atoms with Crippen molar-refractivity contribution in [1.29, 1.82) is 0 Å². The lowest BCUT2D eigenvalue weighted by Crippen LogP contribution is -2.12. The fourth-order valence-corrected chi connectivity index (χ4v) is 2.69. The molecule has 0 saturated carbocycles. The van der Waals surface area contributed by atoms with Gasteiger partial charge in [0, 0.05) is 10.2 Å². The first-order chi connectivity index (χ1) is 10.2. The molecule has 0 aliphatic carbocycles. The first-order valence-corrected chi connectivity index (χ1v) is 7.64. The van der Waals surface area contributed by atoms with Gasteiger partial charge in [0.05, 0.1) is 6.26 Å². The van der Waals surface area contributed by atoms with Crippen molar-refractivity contribution >= 4 is 21.6 Å². The van der Waals surface area contributed by atoms with E-state index in [2.05, 4.69) is 52.4 Å². The second-order valence-corrected chi connectivity index (χ2v) is 5.88. The maximum absolute atomic E-state index is 5.62. The molecule has 1 N–H and O–H groups in total. The SMILES string of the molecule is Cc1ccc(Br)cc1NC(c1ccccc1)c1ccco1. The molecule has 1 aromatic heterocycles. The zero-order valence-corrected chi connectivity index (χ0v) is 13.3. The molecule has 3 aromatic rings. The van der Waals surface area contributed by atoms with E-state index >= 15 is 0 Å². The monoisotopic (exact) mass is 341 g/mol. The van der Waals surface area contributed by atoms with Gasteiger partial charge in [-0.3, -0.25) is 0 Å². The van der Waals surface area contributed by atoms with Crippen LogP contribution in [0, 0.1) is 6.92 Å². The lowest BCUT2D eigenvalue weighted by Gasteiger charge is -2.20. The van der Waals surface area contributed by atoms with Crippen molar-refractivity contribution in [3.63, 3.8) is 0 Å². The molecule has 1 atom stereocenters. The van der Waals surface area contributed by atoms with Crippen LogP contribution in [0.15, 0.2) is 75.8 Å². The summed E-state index contributed by atoms with van der Waals surface area (Å²) in [5.74, 6) is 0.903. The van der Waals surface area contributed by atoms with Crippen molar-refractivity contribution in [2.45, 2.75) is 13.0 Å². The van der Waals surface area contributed by atoms with E-state index in [1.165, 1.54) is 11.1 Å². The van der Waals surface area contributed by atoms with Crippen LogP contribution in [0.5, 0.6) is 0 Å². The number of hydrogen-bond acceptors (Lipinski definition) is 2. The second kappa shape index (κ2) is 6.19. The molecule has 0 amide bonds. The molecule has 0 aliphatic rings. The first-order valence-electron chi connectivity index (χ1n) is 6.85. The van der Waals surface area contributed by atoms with Crippen LogP contribution in [0.3, 0.4) is 0 Å². The Morgan fingerprint density at radius 2 is 1.81 bits per heavy atom. The van der Waals surface area contributed by atoms with Crippen molar-refractivity contribution < 1.29 is 4.42 Å². The number of nitrogens with one attached hydrogen (secondary N) is 1. The fourth-order valence-electron chi connectivity index (χ4n) is 2.32. The number of aryl methyl sites for hydroxylation is 1. The molecular weight excluding hydrogens is 326 g/mol. The highest BCUT2D eigenvalue weighted by atomic mass is 79.9. The summed E-state index contributed by atoms with van der Waals surface area (Å²) in [7, 11) is 0. The summed E-state index contributed by atoms with van der Waals surface area (Å²) in [4.78, 5) is 0. The topological polar surface area (TPSA) is 25.2 Å². The Morgan fingerprint density at radius 1 is 1.00 bits per heavy atom. The summed E-state index contributed by atoms with van der Waals surface area (Å²) in [6.07, 6.45) is 1.71. The molecule has 2 nitrogen and oxygen atoms in total. The van der Waals surface area contributed by atoms with E-state index in [4.69, 9.17) is 4.42 Å². The number of anilines is 1. The third kappa shape index (κ3) is 3.19. The highest BCUT2D eigenvalue weighted by molar-refractivity contribution is 9.10. The van der Waals surface area contributed by atoms with Crippen LogP contribution >= 0.6 is 15.9 Å². The van der Waals surface area contributed by atoms with Gasteiger partial charge in [0.25, 0.3) is 0 Å². The predicted octanol–water partition coefficient (Wildman–Crippen LogP) is 5.55. The Morgan fingerprint density at radius 3 is 2.52 bits per heavy atom. The second-order valence-electron chi connectivity index (χ2n) is 4.96. The molecule has 1 unspecified atom stereocenters. The van der Waals surface area contributed by atoms with Crippen LogP contribution in [-0.2, 0) is 0 Å². The minimum atomic E-state index is -0.00537.